The van der Waals surface area contributed by atoms with E-state index in [9.17, 15) is 13.6 Å². The molecule has 0 saturated carbocycles. The van der Waals surface area contributed by atoms with Crippen LogP contribution in [0.3, 0.4) is 0 Å². The second kappa shape index (κ2) is 8.17. The number of hydrogen-bond acceptors (Lipinski definition) is 2. The van der Waals surface area contributed by atoms with E-state index in [4.69, 9.17) is 0 Å². The highest BCUT2D eigenvalue weighted by atomic mass is 79.9. The number of rotatable bonds is 6. The van der Waals surface area contributed by atoms with Crippen LogP contribution in [0.1, 0.15) is 24.9 Å². The summed E-state index contributed by atoms with van der Waals surface area (Å²) in [7, 11) is 0. The fourth-order valence-electron chi connectivity index (χ4n) is 2.19. The zero-order chi connectivity index (χ0) is 16.8. The Morgan fingerprint density at radius 3 is 2.43 bits per heavy atom. The minimum atomic E-state index is -0.989. The van der Waals surface area contributed by atoms with E-state index in [0.29, 0.717) is 0 Å². The van der Waals surface area contributed by atoms with Crippen LogP contribution in [0.4, 0.5) is 14.5 Å². The number of amides is 1. The lowest BCUT2D eigenvalue weighted by Gasteiger charge is -2.17. The van der Waals surface area contributed by atoms with E-state index in [1.165, 1.54) is 6.07 Å². The van der Waals surface area contributed by atoms with Crippen LogP contribution in [0, 0.1) is 11.6 Å². The van der Waals surface area contributed by atoms with E-state index in [1.807, 2.05) is 31.2 Å². The molecule has 23 heavy (non-hydrogen) atoms. The molecule has 0 unspecified atom stereocenters. The van der Waals surface area contributed by atoms with Gasteiger partial charge in [0.1, 0.15) is 0 Å². The molecule has 0 bridgehead atoms. The maximum Gasteiger partial charge on any atom is 0.238 e. The van der Waals surface area contributed by atoms with Gasteiger partial charge in [0.25, 0.3) is 0 Å². The molecule has 0 fully saturated rings. The molecule has 3 nitrogen and oxygen atoms in total. The number of nitrogens with one attached hydrogen (secondary N) is 2. The van der Waals surface area contributed by atoms with E-state index in [1.54, 1.807) is 0 Å². The summed E-state index contributed by atoms with van der Waals surface area (Å²) < 4.78 is 26.9. The topological polar surface area (TPSA) is 41.1 Å². The summed E-state index contributed by atoms with van der Waals surface area (Å²) in [5, 5.41) is 5.69. The Morgan fingerprint density at radius 1 is 1.13 bits per heavy atom. The lowest BCUT2D eigenvalue weighted by Crippen LogP contribution is -2.31. The van der Waals surface area contributed by atoms with Gasteiger partial charge in [-0.3, -0.25) is 4.79 Å². The van der Waals surface area contributed by atoms with Gasteiger partial charge in [-0.05, 0) is 36.2 Å². The molecule has 0 saturated heterocycles. The molecule has 1 amide bonds. The molecular formula is C17H17BrF2N2O. The third kappa shape index (κ3) is 5.11. The minimum Gasteiger partial charge on any atom is -0.325 e. The summed E-state index contributed by atoms with van der Waals surface area (Å²) in [5.41, 5.74) is 1.31. The molecule has 2 aromatic rings. The first-order valence-electron chi connectivity index (χ1n) is 7.23. The van der Waals surface area contributed by atoms with Crippen molar-refractivity contribution in [3.05, 3.63) is 64.1 Å². The van der Waals surface area contributed by atoms with Gasteiger partial charge < -0.3 is 10.6 Å². The normalized spacial score (nSPS) is 12.0. The summed E-state index contributed by atoms with van der Waals surface area (Å²) in [6.07, 6.45) is 0.820. The lowest BCUT2D eigenvalue weighted by atomic mass is 10.0. The number of benzene rings is 2. The van der Waals surface area contributed by atoms with Crippen molar-refractivity contribution in [3.63, 3.8) is 0 Å². The van der Waals surface area contributed by atoms with Crippen LogP contribution in [0.25, 0.3) is 0 Å². The molecule has 0 radical (unpaired) electrons. The number of anilines is 1. The molecule has 0 heterocycles. The number of carbonyl (C=O) groups excluding carboxylic acids is 1. The van der Waals surface area contributed by atoms with Gasteiger partial charge in [0.2, 0.25) is 5.91 Å². The quantitative estimate of drug-likeness (QED) is 0.776. The van der Waals surface area contributed by atoms with E-state index >= 15 is 0 Å². The van der Waals surface area contributed by atoms with Crippen LogP contribution in [0.5, 0.6) is 0 Å². The molecule has 6 heteroatoms. The molecular weight excluding hydrogens is 366 g/mol. The number of halogens is 3. The maximum absolute atomic E-state index is 13.1. The number of hydrogen-bond donors (Lipinski definition) is 2. The third-order valence-corrected chi connectivity index (χ3v) is 3.92. The average molecular weight is 383 g/mol. The van der Waals surface area contributed by atoms with Gasteiger partial charge in [0.15, 0.2) is 11.6 Å². The highest BCUT2D eigenvalue weighted by Crippen LogP contribution is 2.19. The van der Waals surface area contributed by atoms with Crippen molar-refractivity contribution >= 4 is 27.5 Å². The van der Waals surface area contributed by atoms with Crippen LogP contribution in [-0.4, -0.2) is 12.5 Å². The van der Waals surface area contributed by atoms with Crippen molar-refractivity contribution in [2.45, 2.75) is 19.4 Å². The molecule has 0 aliphatic heterocycles. The molecule has 0 aliphatic rings. The maximum atomic E-state index is 13.1. The second-order valence-electron chi connectivity index (χ2n) is 5.07. The zero-order valence-electron chi connectivity index (χ0n) is 12.6. The average Bonchev–Trinajstić information content (AvgIpc) is 2.53. The van der Waals surface area contributed by atoms with Crippen LogP contribution in [0.15, 0.2) is 46.9 Å². The summed E-state index contributed by atoms with van der Waals surface area (Å²) in [6.45, 7) is 2.10. The van der Waals surface area contributed by atoms with Gasteiger partial charge in [0, 0.05) is 22.3 Å². The third-order valence-electron chi connectivity index (χ3n) is 3.39. The van der Waals surface area contributed by atoms with Gasteiger partial charge in [-0.1, -0.05) is 35.0 Å². The fraction of sp³-hybridized carbons (Fsp3) is 0.235. The van der Waals surface area contributed by atoms with Crippen molar-refractivity contribution in [1.82, 2.24) is 5.32 Å². The van der Waals surface area contributed by atoms with Gasteiger partial charge in [-0.25, -0.2) is 8.78 Å². The van der Waals surface area contributed by atoms with Gasteiger partial charge >= 0.3 is 0 Å². The standard InChI is InChI=1S/C17H17BrF2N2O/c1-2-16(11-3-5-12(18)6-4-11)21-10-17(23)22-13-7-8-14(19)15(20)9-13/h3-9,16,21H,2,10H2,1H3,(H,22,23)/t16-/m1/s1. The van der Waals surface area contributed by atoms with Crippen LogP contribution in [0.2, 0.25) is 0 Å². The molecule has 0 aromatic heterocycles. The predicted octanol–water partition coefficient (Wildman–Crippen LogP) is 4.41. The highest BCUT2D eigenvalue weighted by molar-refractivity contribution is 9.10. The van der Waals surface area contributed by atoms with Gasteiger partial charge in [-0.2, -0.15) is 0 Å². The Hall–Kier alpha value is -1.79. The Balaban J connectivity index is 1.91. The Morgan fingerprint density at radius 2 is 1.83 bits per heavy atom. The van der Waals surface area contributed by atoms with Crippen molar-refractivity contribution in [1.29, 1.82) is 0 Å². The SMILES string of the molecule is CC[C@@H](NCC(=O)Nc1ccc(F)c(F)c1)c1ccc(Br)cc1. The van der Waals surface area contributed by atoms with Crippen molar-refractivity contribution < 1.29 is 13.6 Å². The Bertz CT molecular complexity index is 677. The Labute approximate surface area is 142 Å². The molecule has 0 aliphatic carbocycles. The van der Waals surface area contributed by atoms with E-state index in [2.05, 4.69) is 26.6 Å². The van der Waals surface area contributed by atoms with Crippen LogP contribution in [-0.2, 0) is 4.79 Å². The van der Waals surface area contributed by atoms with Crippen LogP contribution < -0.4 is 10.6 Å². The zero-order valence-corrected chi connectivity index (χ0v) is 14.2. The van der Waals surface area contributed by atoms with Gasteiger partial charge in [0.05, 0.1) is 6.54 Å². The van der Waals surface area contributed by atoms with Crippen molar-refractivity contribution in [2.24, 2.45) is 0 Å². The fourth-order valence-corrected chi connectivity index (χ4v) is 2.45. The first-order chi connectivity index (χ1) is 11.0. The smallest absolute Gasteiger partial charge is 0.238 e. The minimum absolute atomic E-state index is 0.0406. The first-order valence-corrected chi connectivity index (χ1v) is 8.02. The number of carbonyl (C=O) groups is 1. The second-order valence-corrected chi connectivity index (χ2v) is 5.99. The van der Waals surface area contributed by atoms with Crippen molar-refractivity contribution in [3.8, 4) is 0 Å². The lowest BCUT2D eigenvalue weighted by molar-refractivity contribution is -0.115. The van der Waals surface area contributed by atoms with Crippen molar-refractivity contribution in [2.75, 3.05) is 11.9 Å². The predicted molar refractivity (Wildman–Crippen MR) is 90.2 cm³/mol. The summed E-state index contributed by atoms with van der Waals surface area (Å²) in [6, 6.07) is 11.2. The molecule has 2 N–H and O–H groups in total. The van der Waals surface area contributed by atoms with Gasteiger partial charge in [-0.15, -0.1) is 0 Å². The summed E-state index contributed by atoms with van der Waals surface area (Å²) in [4.78, 5) is 11.9. The monoisotopic (exact) mass is 382 g/mol. The molecule has 2 rings (SSSR count). The molecule has 122 valence electrons. The summed E-state index contributed by atoms with van der Waals surface area (Å²) >= 11 is 3.38. The molecule has 1 atom stereocenters. The molecule has 2 aromatic carbocycles. The first kappa shape index (κ1) is 17.6. The van der Waals surface area contributed by atoms with E-state index < -0.39 is 11.6 Å². The summed E-state index contributed by atoms with van der Waals surface area (Å²) in [5.74, 6) is -2.24. The molecule has 0 spiro atoms. The Kier molecular flexibility index (Phi) is 6.24. The van der Waals surface area contributed by atoms with E-state index in [0.717, 1.165) is 28.6 Å². The highest BCUT2D eigenvalue weighted by Gasteiger charge is 2.11. The van der Waals surface area contributed by atoms with Crippen LogP contribution >= 0.6 is 15.9 Å². The largest absolute Gasteiger partial charge is 0.325 e. The van der Waals surface area contributed by atoms with E-state index in [-0.39, 0.29) is 24.2 Å².